The Morgan fingerprint density at radius 3 is 2.24 bits per heavy atom. The highest BCUT2D eigenvalue weighted by Gasteiger charge is 2.38. The molecule has 0 bridgehead atoms. The molecular weight excluding hydrogens is 298 g/mol. The van der Waals surface area contributed by atoms with Crippen LogP contribution in [0.1, 0.15) is 6.92 Å². The summed E-state index contributed by atoms with van der Waals surface area (Å²) in [5.74, 6) is -2.91. The molecule has 1 aliphatic heterocycles. The molecule has 8 nitrogen and oxygen atoms in total. The predicted molar refractivity (Wildman–Crippen MR) is 72.8 cm³/mol. The normalized spacial score (nSPS) is 19.6. The standard InChI is InChI=1S/C12H13N3O5S/c1-7-10(16)11(17)12(18)14-15(7)8-3-5-9(6-4-8)21(19,20)13-2/h3-7,13H,1-2H3,(H,14,18). The maximum atomic E-state index is 11.6. The molecule has 1 saturated heterocycles. The number of amides is 1. The second kappa shape index (κ2) is 5.26. The van der Waals surface area contributed by atoms with Crippen LogP contribution in [0.3, 0.4) is 0 Å². The molecule has 0 spiro atoms. The number of carbonyl (C=O) groups excluding carboxylic acids is 3. The van der Waals surface area contributed by atoms with Gasteiger partial charge < -0.3 is 0 Å². The summed E-state index contributed by atoms with van der Waals surface area (Å²) in [6.45, 7) is 1.47. The average Bonchev–Trinajstić information content (AvgIpc) is 2.49. The lowest BCUT2D eigenvalue weighted by Gasteiger charge is -2.33. The molecule has 1 amide bonds. The van der Waals surface area contributed by atoms with E-state index in [2.05, 4.69) is 10.1 Å². The SMILES string of the molecule is CNS(=O)(=O)c1ccc(N2NC(=O)C(=O)C(=O)C2C)cc1. The lowest BCUT2D eigenvalue weighted by Crippen LogP contribution is -2.61. The maximum Gasteiger partial charge on any atom is 0.314 e. The van der Waals surface area contributed by atoms with Gasteiger partial charge in [0.2, 0.25) is 15.8 Å². The van der Waals surface area contributed by atoms with E-state index in [4.69, 9.17) is 0 Å². The first-order chi connectivity index (χ1) is 9.77. The van der Waals surface area contributed by atoms with Gasteiger partial charge in [-0.3, -0.25) is 24.8 Å². The van der Waals surface area contributed by atoms with E-state index in [0.29, 0.717) is 5.69 Å². The maximum absolute atomic E-state index is 11.6. The van der Waals surface area contributed by atoms with Gasteiger partial charge >= 0.3 is 5.91 Å². The fourth-order valence-electron chi connectivity index (χ4n) is 1.87. The molecular formula is C12H13N3O5S. The molecule has 112 valence electrons. The fourth-order valence-corrected chi connectivity index (χ4v) is 2.60. The zero-order chi connectivity index (χ0) is 15.8. The van der Waals surface area contributed by atoms with Crippen LogP contribution in [-0.4, -0.2) is 39.0 Å². The summed E-state index contributed by atoms with van der Waals surface area (Å²) in [5, 5.41) is 1.22. The van der Waals surface area contributed by atoms with Crippen molar-refractivity contribution in [3.8, 4) is 0 Å². The Labute approximate surface area is 121 Å². The Morgan fingerprint density at radius 1 is 1.14 bits per heavy atom. The Hall–Kier alpha value is -2.26. The van der Waals surface area contributed by atoms with Crippen LogP contribution in [0.4, 0.5) is 5.69 Å². The zero-order valence-corrected chi connectivity index (χ0v) is 12.1. The molecule has 0 aromatic heterocycles. The van der Waals surface area contributed by atoms with Gasteiger partial charge in [-0.25, -0.2) is 13.1 Å². The van der Waals surface area contributed by atoms with Gasteiger partial charge in [-0.1, -0.05) is 0 Å². The van der Waals surface area contributed by atoms with E-state index in [0.717, 1.165) is 0 Å². The van der Waals surface area contributed by atoms with Crippen LogP contribution in [0.2, 0.25) is 0 Å². The number of nitrogens with zero attached hydrogens (tertiary/aromatic N) is 1. The van der Waals surface area contributed by atoms with Crippen molar-refractivity contribution in [3.63, 3.8) is 0 Å². The number of anilines is 1. The molecule has 1 atom stereocenters. The van der Waals surface area contributed by atoms with Gasteiger partial charge in [-0.05, 0) is 38.2 Å². The first-order valence-corrected chi connectivity index (χ1v) is 7.48. The molecule has 2 rings (SSSR count). The van der Waals surface area contributed by atoms with Gasteiger partial charge in [0.15, 0.2) is 0 Å². The van der Waals surface area contributed by atoms with Crippen LogP contribution >= 0.6 is 0 Å². The lowest BCUT2D eigenvalue weighted by atomic mass is 10.1. The second-order valence-electron chi connectivity index (χ2n) is 4.38. The Bertz CT molecular complexity index is 711. The largest absolute Gasteiger partial charge is 0.314 e. The molecule has 0 saturated carbocycles. The number of hydrogen-bond donors (Lipinski definition) is 2. The lowest BCUT2D eigenvalue weighted by molar-refractivity contribution is -0.147. The number of ketones is 2. The Balaban J connectivity index is 2.33. The van der Waals surface area contributed by atoms with E-state index in [-0.39, 0.29) is 4.90 Å². The van der Waals surface area contributed by atoms with Gasteiger partial charge in [-0.15, -0.1) is 0 Å². The summed E-state index contributed by atoms with van der Waals surface area (Å²) in [4.78, 5) is 34.3. The molecule has 1 unspecified atom stereocenters. The number of benzene rings is 1. The van der Waals surface area contributed by atoms with Gasteiger partial charge in [0, 0.05) is 0 Å². The van der Waals surface area contributed by atoms with Crippen molar-refractivity contribution in [1.82, 2.24) is 10.1 Å². The van der Waals surface area contributed by atoms with Crippen LogP contribution in [0.15, 0.2) is 29.2 Å². The highest BCUT2D eigenvalue weighted by atomic mass is 32.2. The van der Waals surface area contributed by atoms with Crippen LogP contribution in [0.25, 0.3) is 0 Å². The molecule has 21 heavy (non-hydrogen) atoms. The van der Waals surface area contributed by atoms with Crippen molar-refractivity contribution >= 4 is 33.2 Å². The minimum absolute atomic E-state index is 0.0483. The van der Waals surface area contributed by atoms with E-state index in [9.17, 15) is 22.8 Å². The van der Waals surface area contributed by atoms with Crippen molar-refractivity contribution in [2.24, 2.45) is 0 Å². The van der Waals surface area contributed by atoms with Gasteiger partial charge in [-0.2, -0.15) is 0 Å². The number of rotatable bonds is 3. The third-order valence-electron chi connectivity index (χ3n) is 3.11. The summed E-state index contributed by atoms with van der Waals surface area (Å²) in [6.07, 6.45) is 0. The van der Waals surface area contributed by atoms with Gasteiger partial charge in [0.05, 0.1) is 10.6 Å². The van der Waals surface area contributed by atoms with Crippen LogP contribution < -0.4 is 15.2 Å². The predicted octanol–water partition coefficient (Wildman–Crippen LogP) is -1.03. The van der Waals surface area contributed by atoms with E-state index in [1.165, 1.54) is 43.2 Å². The number of nitrogens with one attached hydrogen (secondary N) is 2. The third-order valence-corrected chi connectivity index (χ3v) is 4.54. The first-order valence-electron chi connectivity index (χ1n) is 6.00. The molecule has 2 N–H and O–H groups in total. The Morgan fingerprint density at radius 2 is 1.71 bits per heavy atom. The number of Topliss-reactive ketones (excluding diaryl/α,β-unsaturated/α-hetero) is 2. The molecule has 1 aliphatic rings. The van der Waals surface area contributed by atoms with E-state index in [1.807, 2.05) is 0 Å². The average molecular weight is 311 g/mol. The molecule has 1 heterocycles. The molecule has 0 radical (unpaired) electrons. The second-order valence-corrected chi connectivity index (χ2v) is 6.27. The van der Waals surface area contributed by atoms with E-state index >= 15 is 0 Å². The highest BCUT2D eigenvalue weighted by Crippen LogP contribution is 2.20. The summed E-state index contributed by atoms with van der Waals surface area (Å²) in [5.41, 5.74) is 2.69. The fraction of sp³-hybridized carbons (Fsp3) is 0.250. The smallest absolute Gasteiger partial charge is 0.288 e. The van der Waals surface area contributed by atoms with Crippen molar-refractivity contribution in [2.45, 2.75) is 17.9 Å². The summed E-state index contributed by atoms with van der Waals surface area (Å²) >= 11 is 0. The van der Waals surface area contributed by atoms with Crippen molar-refractivity contribution in [1.29, 1.82) is 0 Å². The summed E-state index contributed by atoms with van der Waals surface area (Å²) in [6, 6.07) is 4.68. The van der Waals surface area contributed by atoms with Crippen molar-refractivity contribution in [3.05, 3.63) is 24.3 Å². The molecule has 1 aromatic carbocycles. The van der Waals surface area contributed by atoms with E-state index < -0.39 is 33.5 Å². The topological polar surface area (TPSA) is 113 Å². The van der Waals surface area contributed by atoms with Gasteiger partial charge in [0.1, 0.15) is 6.04 Å². The van der Waals surface area contributed by atoms with Crippen LogP contribution in [0, 0.1) is 0 Å². The molecule has 1 fully saturated rings. The Kier molecular flexibility index (Phi) is 3.79. The minimum atomic E-state index is -3.57. The van der Waals surface area contributed by atoms with Crippen molar-refractivity contribution < 1.29 is 22.8 Å². The third kappa shape index (κ3) is 2.65. The van der Waals surface area contributed by atoms with Crippen LogP contribution in [-0.2, 0) is 24.4 Å². The quantitative estimate of drug-likeness (QED) is 0.690. The monoisotopic (exact) mass is 311 g/mol. The van der Waals surface area contributed by atoms with Gasteiger partial charge in [0.25, 0.3) is 5.78 Å². The number of carbonyl (C=O) groups is 3. The zero-order valence-electron chi connectivity index (χ0n) is 11.3. The van der Waals surface area contributed by atoms with Crippen molar-refractivity contribution in [2.75, 3.05) is 12.1 Å². The van der Waals surface area contributed by atoms with E-state index in [1.54, 1.807) is 0 Å². The number of hydrazine groups is 1. The highest BCUT2D eigenvalue weighted by molar-refractivity contribution is 7.89. The first kappa shape index (κ1) is 15.1. The minimum Gasteiger partial charge on any atom is -0.288 e. The molecule has 1 aromatic rings. The van der Waals surface area contributed by atoms with Crippen LogP contribution in [0.5, 0.6) is 0 Å². The number of hydrogen-bond acceptors (Lipinski definition) is 6. The molecule has 9 heteroatoms. The summed E-state index contributed by atoms with van der Waals surface area (Å²) in [7, 11) is -2.27. The molecule has 0 aliphatic carbocycles. The number of sulfonamides is 1. The summed E-state index contributed by atoms with van der Waals surface area (Å²) < 4.78 is 25.4.